The number of nitrogens with zero attached hydrogens (tertiary/aromatic N) is 3. The molecule has 0 saturated heterocycles. The fourth-order valence-electron chi connectivity index (χ4n) is 2.91. The molecule has 3 aromatic heterocycles. The Morgan fingerprint density at radius 2 is 1.97 bits per heavy atom. The Bertz CT molecular complexity index is 1330. The zero-order chi connectivity index (χ0) is 22.1. The molecular formula is C22H18FN3O5. The lowest BCUT2D eigenvalue weighted by Crippen LogP contribution is -2.12. The van der Waals surface area contributed by atoms with Crippen molar-refractivity contribution < 1.29 is 22.9 Å². The smallest absolute Gasteiger partial charge is 0.349 e. The Morgan fingerprint density at radius 1 is 1.23 bits per heavy atom. The SMILES string of the molecule is Cc1ncc(COC(=O)C(C)C)c2cc(-c3nc(-c4ccc(F)cc4)no3)c(=O)oc12. The van der Waals surface area contributed by atoms with Crippen molar-refractivity contribution in [2.75, 3.05) is 0 Å². The zero-order valence-corrected chi connectivity index (χ0v) is 17.0. The number of carbonyl (C=O) groups is 1. The second-order valence-electron chi connectivity index (χ2n) is 7.25. The maximum absolute atomic E-state index is 13.1. The van der Waals surface area contributed by atoms with E-state index in [1.54, 1.807) is 33.0 Å². The van der Waals surface area contributed by atoms with Gasteiger partial charge in [-0.1, -0.05) is 19.0 Å². The van der Waals surface area contributed by atoms with Crippen LogP contribution in [0.15, 0.2) is 50.3 Å². The summed E-state index contributed by atoms with van der Waals surface area (Å²) in [6.45, 7) is 5.14. The Labute approximate surface area is 175 Å². The van der Waals surface area contributed by atoms with Gasteiger partial charge in [-0.2, -0.15) is 4.98 Å². The first-order chi connectivity index (χ1) is 14.8. The van der Waals surface area contributed by atoms with Gasteiger partial charge in [0.25, 0.3) is 5.89 Å². The number of aromatic nitrogens is 3. The van der Waals surface area contributed by atoms with Gasteiger partial charge in [-0.25, -0.2) is 9.18 Å². The molecule has 0 unspecified atom stereocenters. The first-order valence-electron chi connectivity index (χ1n) is 9.52. The van der Waals surface area contributed by atoms with E-state index in [0.29, 0.717) is 22.2 Å². The fraction of sp³-hybridized carbons (Fsp3) is 0.227. The highest BCUT2D eigenvalue weighted by atomic mass is 19.1. The third kappa shape index (κ3) is 4.07. The van der Waals surface area contributed by atoms with Gasteiger partial charge in [-0.3, -0.25) is 9.78 Å². The van der Waals surface area contributed by atoms with Gasteiger partial charge in [0.2, 0.25) is 5.82 Å². The van der Waals surface area contributed by atoms with E-state index in [4.69, 9.17) is 13.7 Å². The van der Waals surface area contributed by atoms with Gasteiger partial charge in [-0.15, -0.1) is 0 Å². The van der Waals surface area contributed by atoms with Crippen LogP contribution in [-0.2, 0) is 16.1 Å². The topological polar surface area (TPSA) is 108 Å². The Morgan fingerprint density at radius 3 is 2.68 bits per heavy atom. The highest BCUT2D eigenvalue weighted by Crippen LogP contribution is 2.26. The highest BCUT2D eigenvalue weighted by molar-refractivity contribution is 5.85. The average molecular weight is 423 g/mol. The van der Waals surface area contributed by atoms with Crippen LogP contribution in [0.3, 0.4) is 0 Å². The molecule has 158 valence electrons. The van der Waals surface area contributed by atoms with Crippen LogP contribution in [0.25, 0.3) is 33.8 Å². The molecule has 0 aliphatic carbocycles. The molecule has 8 nitrogen and oxygen atoms in total. The van der Waals surface area contributed by atoms with Crippen molar-refractivity contribution in [3.8, 4) is 22.8 Å². The van der Waals surface area contributed by atoms with Crippen LogP contribution in [0.5, 0.6) is 0 Å². The van der Waals surface area contributed by atoms with Crippen LogP contribution in [0.2, 0.25) is 0 Å². The van der Waals surface area contributed by atoms with Crippen LogP contribution < -0.4 is 5.63 Å². The van der Waals surface area contributed by atoms with Gasteiger partial charge >= 0.3 is 11.6 Å². The molecule has 1 aromatic carbocycles. The van der Waals surface area contributed by atoms with Crippen molar-refractivity contribution in [1.82, 2.24) is 15.1 Å². The number of hydrogen-bond acceptors (Lipinski definition) is 8. The van der Waals surface area contributed by atoms with E-state index >= 15 is 0 Å². The number of benzene rings is 1. The Balaban J connectivity index is 1.76. The summed E-state index contributed by atoms with van der Waals surface area (Å²) >= 11 is 0. The molecule has 4 rings (SSSR count). The molecule has 4 aromatic rings. The minimum atomic E-state index is -0.678. The van der Waals surface area contributed by atoms with Gasteiger partial charge < -0.3 is 13.7 Å². The monoisotopic (exact) mass is 423 g/mol. The van der Waals surface area contributed by atoms with Crippen LogP contribution >= 0.6 is 0 Å². The summed E-state index contributed by atoms with van der Waals surface area (Å²) in [5.74, 6) is -0.869. The summed E-state index contributed by atoms with van der Waals surface area (Å²) in [7, 11) is 0. The minimum Gasteiger partial charge on any atom is -0.461 e. The van der Waals surface area contributed by atoms with Gasteiger partial charge in [0.15, 0.2) is 5.58 Å². The zero-order valence-electron chi connectivity index (χ0n) is 17.0. The van der Waals surface area contributed by atoms with Gasteiger partial charge in [0.05, 0.1) is 11.6 Å². The summed E-state index contributed by atoms with van der Waals surface area (Å²) in [6, 6.07) is 7.11. The number of hydrogen-bond donors (Lipinski definition) is 0. The van der Waals surface area contributed by atoms with E-state index in [9.17, 15) is 14.0 Å². The molecule has 0 saturated carbocycles. The molecule has 0 spiro atoms. The van der Waals surface area contributed by atoms with Crippen molar-refractivity contribution in [3.05, 3.63) is 64.0 Å². The lowest BCUT2D eigenvalue weighted by molar-refractivity contribution is -0.148. The molecule has 0 aliphatic rings. The number of pyridine rings is 1. The van der Waals surface area contributed by atoms with Crippen molar-refractivity contribution >= 4 is 16.9 Å². The highest BCUT2D eigenvalue weighted by Gasteiger charge is 2.19. The van der Waals surface area contributed by atoms with Crippen molar-refractivity contribution in [3.63, 3.8) is 0 Å². The first-order valence-corrected chi connectivity index (χ1v) is 9.52. The number of ether oxygens (including phenoxy) is 1. The second kappa shape index (κ2) is 8.10. The standard InChI is InChI=1S/C22H18FN3O5/c1-11(2)21(27)29-10-14-9-24-12(3)18-16(14)8-17(22(28)30-18)20-25-19(26-31-20)13-4-6-15(23)7-5-13/h4-9,11H,10H2,1-3H3. The normalized spacial score (nSPS) is 11.3. The molecule has 0 amide bonds. The predicted molar refractivity (Wildman–Crippen MR) is 108 cm³/mol. The predicted octanol–water partition coefficient (Wildman–Crippen LogP) is 4.05. The van der Waals surface area contributed by atoms with Crippen molar-refractivity contribution in [2.24, 2.45) is 5.92 Å². The Hall–Kier alpha value is -3.88. The molecule has 3 heterocycles. The summed E-state index contributed by atoms with van der Waals surface area (Å²) < 4.78 is 29.2. The number of halogens is 1. The molecule has 0 aliphatic heterocycles. The lowest BCUT2D eigenvalue weighted by Gasteiger charge is -2.10. The molecule has 0 bridgehead atoms. The molecule has 0 fully saturated rings. The molecule has 9 heteroatoms. The number of fused-ring (bicyclic) bond motifs is 1. The largest absolute Gasteiger partial charge is 0.461 e. The van der Waals surface area contributed by atoms with E-state index in [2.05, 4.69) is 15.1 Å². The van der Waals surface area contributed by atoms with Crippen molar-refractivity contribution in [2.45, 2.75) is 27.4 Å². The van der Waals surface area contributed by atoms with E-state index in [1.165, 1.54) is 24.3 Å². The maximum atomic E-state index is 13.1. The number of esters is 1. The number of carbonyl (C=O) groups excluding carboxylic acids is 1. The van der Waals surface area contributed by atoms with Gasteiger partial charge in [0, 0.05) is 22.7 Å². The molecule has 0 N–H and O–H groups in total. The maximum Gasteiger partial charge on any atom is 0.349 e. The average Bonchev–Trinajstić information content (AvgIpc) is 3.23. The van der Waals surface area contributed by atoms with E-state index in [1.807, 2.05) is 0 Å². The summed E-state index contributed by atoms with van der Waals surface area (Å²) in [4.78, 5) is 32.9. The molecule has 0 atom stereocenters. The summed E-state index contributed by atoms with van der Waals surface area (Å²) in [5, 5.41) is 4.40. The van der Waals surface area contributed by atoms with Crippen LogP contribution in [0.4, 0.5) is 4.39 Å². The molecule has 31 heavy (non-hydrogen) atoms. The number of aryl methyl sites for hydroxylation is 1. The molecule has 0 radical (unpaired) electrons. The fourth-order valence-corrected chi connectivity index (χ4v) is 2.91. The van der Waals surface area contributed by atoms with Gasteiger partial charge in [-0.05, 0) is 37.3 Å². The third-order valence-corrected chi connectivity index (χ3v) is 4.64. The summed E-state index contributed by atoms with van der Waals surface area (Å²) in [5.41, 5.74) is 1.26. The lowest BCUT2D eigenvalue weighted by atomic mass is 10.1. The van der Waals surface area contributed by atoms with Crippen molar-refractivity contribution in [1.29, 1.82) is 0 Å². The minimum absolute atomic E-state index is 0.0291. The molecular weight excluding hydrogens is 405 g/mol. The quantitative estimate of drug-likeness (QED) is 0.442. The van der Waals surface area contributed by atoms with E-state index in [-0.39, 0.29) is 41.4 Å². The second-order valence-corrected chi connectivity index (χ2v) is 7.25. The number of rotatable bonds is 5. The third-order valence-electron chi connectivity index (χ3n) is 4.64. The Kier molecular flexibility index (Phi) is 5.33. The van der Waals surface area contributed by atoms with E-state index < -0.39 is 11.4 Å². The van der Waals surface area contributed by atoms with Crippen LogP contribution in [0, 0.1) is 18.7 Å². The first kappa shape index (κ1) is 20.4. The van der Waals surface area contributed by atoms with Crippen LogP contribution in [-0.4, -0.2) is 21.1 Å². The van der Waals surface area contributed by atoms with Gasteiger partial charge in [0.1, 0.15) is 18.0 Å². The van der Waals surface area contributed by atoms with E-state index in [0.717, 1.165) is 0 Å². The van der Waals surface area contributed by atoms with Crippen LogP contribution in [0.1, 0.15) is 25.1 Å². The summed E-state index contributed by atoms with van der Waals surface area (Å²) in [6.07, 6.45) is 1.56.